The molecule has 2 heteroatoms. The summed E-state index contributed by atoms with van der Waals surface area (Å²) >= 11 is 0. The van der Waals surface area contributed by atoms with E-state index < -0.39 is 0 Å². The molecule has 0 bridgehead atoms. The Kier molecular flexibility index (Phi) is 1.80. The highest BCUT2D eigenvalue weighted by Gasteiger charge is 2.38. The van der Waals surface area contributed by atoms with E-state index in [2.05, 4.69) is 25.9 Å². The quantitative estimate of drug-likeness (QED) is 0.516. The number of nitrogens with zero attached hydrogens (tertiary/aromatic N) is 1. The van der Waals surface area contributed by atoms with Gasteiger partial charge in [0.15, 0.2) is 0 Å². The summed E-state index contributed by atoms with van der Waals surface area (Å²) in [6.07, 6.45) is 1.95. The third-order valence-electron chi connectivity index (χ3n) is 2.87. The van der Waals surface area contributed by atoms with Crippen LogP contribution in [0.3, 0.4) is 0 Å². The molecule has 2 unspecified atom stereocenters. The van der Waals surface area contributed by atoms with Gasteiger partial charge in [0.2, 0.25) is 0 Å². The van der Waals surface area contributed by atoms with Gasteiger partial charge in [0.25, 0.3) is 0 Å². The average Bonchev–Trinajstić information content (AvgIpc) is 2.08. The van der Waals surface area contributed by atoms with Gasteiger partial charge in [0.1, 0.15) is 0 Å². The standard InChI is InChI=1S/C8H15NO/c1-6-4-7(9-10)5-8(6,2)3/h6-7H,4-5H2,1-3H3. The Balaban J connectivity index is 2.61. The van der Waals surface area contributed by atoms with E-state index >= 15 is 0 Å². The van der Waals surface area contributed by atoms with Gasteiger partial charge in [-0.2, -0.15) is 4.91 Å². The van der Waals surface area contributed by atoms with Crippen molar-refractivity contribution >= 4 is 0 Å². The van der Waals surface area contributed by atoms with Gasteiger partial charge in [-0.05, 0) is 24.2 Å². The van der Waals surface area contributed by atoms with Crippen LogP contribution in [0.5, 0.6) is 0 Å². The van der Waals surface area contributed by atoms with Crippen LogP contribution in [0.25, 0.3) is 0 Å². The first-order chi connectivity index (χ1) is 4.56. The van der Waals surface area contributed by atoms with Crippen molar-refractivity contribution in [1.29, 1.82) is 0 Å². The van der Waals surface area contributed by atoms with Gasteiger partial charge in [-0.25, -0.2) is 0 Å². The van der Waals surface area contributed by atoms with Gasteiger partial charge in [-0.1, -0.05) is 25.9 Å². The van der Waals surface area contributed by atoms with Gasteiger partial charge in [-0.3, -0.25) is 0 Å². The van der Waals surface area contributed by atoms with E-state index in [0.717, 1.165) is 12.8 Å². The third-order valence-corrected chi connectivity index (χ3v) is 2.87. The molecule has 1 aliphatic rings. The lowest BCUT2D eigenvalue weighted by Gasteiger charge is -2.22. The molecule has 0 spiro atoms. The maximum Gasteiger partial charge on any atom is 0.0927 e. The highest BCUT2D eigenvalue weighted by molar-refractivity contribution is 4.90. The van der Waals surface area contributed by atoms with Crippen LogP contribution in [0.15, 0.2) is 5.18 Å². The van der Waals surface area contributed by atoms with E-state index in [9.17, 15) is 4.91 Å². The molecule has 2 nitrogen and oxygen atoms in total. The second-order valence-electron chi connectivity index (χ2n) is 4.09. The molecular weight excluding hydrogens is 126 g/mol. The van der Waals surface area contributed by atoms with Gasteiger partial charge >= 0.3 is 0 Å². The Hall–Kier alpha value is -0.400. The molecule has 0 aromatic rings. The summed E-state index contributed by atoms with van der Waals surface area (Å²) in [4.78, 5) is 10.2. The van der Waals surface area contributed by atoms with Crippen LogP contribution in [0, 0.1) is 16.2 Å². The lowest BCUT2D eigenvalue weighted by atomic mass is 9.83. The van der Waals surface area contributed by atoms with E-state index in [1.807, 2.05) is 0 Å². The van der Waals surface area contributed by atoms with E-state index in [-0.39, 0.29) is 6.04 Å². The summed E-state index contributed by atoms with van der Waals surface area (Å²) in [7, 11) is 0. The van der Waals surface area contributed by atoms with Crippen molar-refractivity contribution in [3.05, 3.63) is 4.91 Å². The van der Waals surface area contributed by atoms with Crippen LogP contribution in [0.1, 0.15) is 33.6 Å². The number of nitroso groups, excluding NO2 is 1. The molecule has 2 atom stereocenters. The molecule has 0 amide bonds. The second kappa shape index (κ2) is 2.33. The Labute approximate surface area is 62.0 Å². The number of hydrogen-bond donors (Lipinski definition) is 0. The minimum Gasteiger partial charge on any atom is -0.151 e. The summed E-state index contributed by atoms with van der Waals surface area (Å²) in [5, 5.41) is 3.08. The van der Waals surface area contributed by atoms with Crippen LogP contribution in [0.2, 0.25) is 0 Å². The fraction of sp³-hybridized carbons (Fsp3) is 1.00. The fourth-order valence-corrected chi connectivity index (χ4v) is 1.70. The monoisotopic (exact) mass is 141 g/mol. The summed E-state index contributed by atoms with van der Waals surface area (Å²) in [5.74, 6) is 0.648. The van der Waals surface area contributed by atoms with Crippen molar-refractivity contribution in [2.75, 3.05) is 0 Å². The Bertz CT molecular complexity index is 142. The molecule has 0 aliphatic heterocycles. The zero-order valence-electron chi connectivity index (χ0n) is 6.92. The largest absolute Gasteiger partial charge is 0.151 e. The summed E-state index contributed by atoms with van der Waals surface area (Å²) in [6.45, 7) is 6.62. The van der Waals surface area contributed by atoms with Crippen LogP contribution in [0.4, 0.5) is 0 Å². The minimum atomic E-state index is 0.0880. The molecule has 0 aromatic heterocycles. The van der Waals surface area contributed by atoms with E-state index in [1.165, 1.54) is 0 Å². The summed E-state index contributed by atoms with van der Waals surface area (Å²) in [6, 6.07) is 0.0880. The van der Waals surface area contributed by atoms with Crippen molar-refractivity contribution in [1.82, 2.24) is 0 Å². The molecule has 0 N–H and O–H groups in total. The highest BCUT2D eigenvalue weighted by atomic mass is 16.3. The van der Waals surface area contributed by atoms with Crippen LogP contribution < -0.4 is 0 Å². The van der Waals surface area contributed by atoms with Crippen LogP contribution >= 0.6 is 0 Å². The maximum absolute atomic E-state index is 10.2. The van der Waals surface area contributed by atoms with Crippen LogP contribution in [-0.4, -0.2) is 6.04 Å². The molecular formula is C8H15NO. The van der Waals surface area contributed by atoms with Gasteiger partial charge in [0, 0.05) is 0 Å². The van der Waals surface area contributed by atoms with Crippen LogP contribution in [-0.2, 0) is 0 Å². The lowest BCUT2D eigenvalue weighted by Crippen LogP contribution is -2.13. The minimum absolute atomic E-state index is 0.0880. The number of hydrogen-bond acceptors (Lipinski definition) is 2. The molecule has 0 heterocycles. The fourth-order valence-electron chi connectivity index (χ4n) is 1.70. The molecule has 1 saturated carbocycles. The summed E-state index contributed by atoms with van der Waals surface area (Å²) < 4.78 is 0. The molecule has 1 fully saturated rings. The van der Waals surface area contributed by atoms with E-state index in [0.29, 0.717) is 11.3 Å². The van der Waals surface area contributed by atoms with E-state index in [4.69, 9.17) is 0 Å². The molecule has 0 aromatic carbocycles. The predicted molar refractivity (Wildman–Crippen MR) is 41.8 cm³/mol. The summed E-state index contributed by atoms with van der Waals surface area (Å²) in [5.41, 5.74) is 0.332. The SMILES string of the molecule is CC1CC(N=O)CC1(C)C. The van der Waals surface area contributed by atoms with Gasteiger partial charge in [-0.15, -0.1) is 0 Å². The molecule has 1 rings (SSSR count). The average molecular weight is 141 g/mol. The normalized spacial score (nSPS) is 37.9. The first-order valence-corrected chi connectivity index (χ1v) is 3.89. The smallest absolute Gasteiger partial charge is 0.0927 e. The van der Waals surface area contributed by atoms with Crippen molar-refractivity contribution in [3.8, 4) is 0 Å². The first kappa shape index (κ1) is 7.70. The first-order valence-electron chi connectivity index (χ1n) is 3.89. The highest BCUT2D eigenvalue weighted by Crippen LogP contribution is 2.43. The number of rotatable bonds is 1. The molecule has 0 saturated heterocycles. The Morgan fingerprint density at radius 2 is 2.10 bits per heavy atom. The molecule has 58 valence electrons. The van der Waals surface area contributed by atoms with Crippen molar-refractivity contribution in [3.63, 3.8) is 0 Å². The second-order valence-corrected chi connectivity index (χ2v) is 4.09. The van der Waals surface area contributed by atoms with Crippen molar-refractivity contribution in [2.45, 2.75) is 39.7 Å². The Morgan fingerprint density at radius 3 is 2.30 bits per heavy atom. The zero-order valence-corrected chi connectivity index (χ0v) is 6.92. The maximum atomic E-state index is 10.2. The topological polar surface area (TPSA) is 29.4 Å². The third kappa shape index (κ3) is 1.20. The Morgan fingerprint density at radius 1 is 1.50 bits per heavy atom. The molecule has 10 heavy (non-hydrogen) atoms. The molecule has 0 radical (unpaired) electrons. The predicted octanol–water partition coefficient (Wildman–Crippen LogP) is 2.58. The lowest BCUT2D eigenvalue weighted by molar-refractivity contribution is 0.280. The molecule has 1 aliphatic carbocycles. The van der Waals surface area contributed by atoms with Gasteiger partial charge in [0.05, 0.1) is 6.04 Å². The van der Waals surface area contributed by atoms with E-state index in [1.54, 1.807) is 0 Å². The zero-order chi connectivity index (χ0) is 7.78. The van der Waals surface area contributed by atoms with Crippen molar-refractivity contribution < 1.29 is 0 Å². The van der Waals surface area contributed by atoms with Gasteiger partial charge < -0.3 is 0 Å². The van der Waals surface area contributed by atoms with Crippen molar-refractivity contribution in [2.24, 2.45) is 16.5 Å².